The summed E-state index contributed by atoms with van der Waals surface area (Å²) in [4.78, 5) is 2.42. The molecule has 0 spiro atoms. The van der Waals surface area contributed by atoms with Gasteiger partial charge in [-0.3, -0.25) is 0 Å². The molecule has 0 saturated carbocycles. The fourth-order valence-electron chi connectivity index (χ4n) is 0. The zero-order chi connectivity index (χ0) is 4.28. The van der Waals surface area contributed by atoms with Crippen molar-refractivity contribution in [3.05, 3.63) is 0 Å². The molecule has 0 aromatic rings. The van der Waals surface area contributed by atoms with Crippen LogP contribution < -0.4 is 0 Å². The Bertz CT molecular complexity index is 21.6. The molecule has 0 aliphatic carbocycles. The maximum absolute atomic E-state index is 10.3. The molecular formula is CH2F2O2. The third-order valence-corrected chi connectivity index (χ3v) is 0.0797. The quantitative estimate of drug-likeness (QED) is 0.374. The Morgan fingerprint density at radius 1 is 1.60 bits per heavy atom. The van der Waals surface area contributed by atoms with Gasteiger partial charge in [0.2, 0.25) is 0 Å². The highest BCUT2D eigenvalue weighted by Crippen LogP contribution is 1.86. The van der Waals surface area contributed by atoms with E-state index in [0.29, 0.717) is 0 Å². The third kappa shape index (κ3) is 3.78. The van der Waals surface area contributed by atoms with Crippen LogP contribution in [0.25, 0.3) is 0 Å². The SMILES string of the molecule is OOC(F)F. The number of halogens is 2. The fraction of sp³-hybridized carbons (Fsp3) is 1.00. The first-order valence-corrected chi connectivity index (χ1v) is 0.855. The van der Waals surface area contributed by atoms with E-state index >= 15 is 0 Å². The average Bonchev–Trinajstić information content (AvgIpc) is 1.38. The molecule has 0 aromatic heterocycles. The molecule has 0 radical (unpaired) electrons. The molecule has 0 fully saturated rings. The van der Waals surface area contributed by atoms with Crippen molar-refractivity contribution in [2.75, 3.05) is 0 Å². The molecule has 0 rings (SSSR count). The molecule has 0 aliphatic heterocycles. The lowest BCUT2D eigenvalue weighted by Gasteiger charge is -1.82. The molecule has 0 bridgehead atoms. The largest absolute Gasteiger partial charge is 0.370 e. The van der Waals surface area contributed by atoms with Gasteiger partial charge in [-0.25, -0.2) is 5.26 Å². The molecule has 0 unspecified atom stereocenters. The minimum absolute atomic E-state index is 2.42. The van der Waals surface area contributed by atoms with Crippen LogP contribution in [0.3, 0.4) is 0 Å². The Hall–Kier alpha value is -0.220. The van der Waals surface area contributed by atoms with E-state index in [4.69, 9.17) is 5.26 Å². The summed E-state index contributed by atoms with van der Waals surface area (Å²) in [6, 6.07) is 0. The standard InChI is InChI=1S/CH2F2O2/c2-1(3)5-4/h1,4H. The molecule has 1 N–H and O–H groups in total. The van der Waals surface area contributed by atoms with Crippen LogP contribution in [0.15, 0.2) is 0 Å². The molecule has 0 heterocycles. The van der Waals surface area contributed by atoms with E-state index in [1.165, 1.54) is 0 Å². The molecule has 0 saturated heterocycles. The summed E-state index contributed by atoms with van der Waals surface area (Å²) in [5, 5.41) is 6.89. The molecule has 0 amide bonds. The first kappa shape index (κ1) is 4.78. The predicted molar refractivity (Wildman–Crippen MR) is 9.72 cm³/mol. The van der Waals surface area contributed by atoms with E-state index in [2.05, 4.69) is 4.89 Å². The Labute approximate surface area is 26.9 Å². The highest BCUT2D eigenvalue weighted by Gasteiger charge is 1.93. The number of hydrogen-bond donors (Lipinski definition) is 1. The van der Waals surface area contributed by atoms with Crippen LogP contribution in [0.4, 0.5) is 8.78 Å². The van der Waals surface area contributed by atoms with Gasteiger partial charge in [-0.2, -0.15) is 13.7 Å². The topological polar surface area (TPSA) is 29.5 Å². The Balaban J connectivity index is 2.54. The molecule has 0 aliphatic rings. The van der Waals surface area contributed by atoms with Gasteiger partial charge in [-0.15, -0.1) is 0 Å². The van der Waals surface area contributed by atoms with Crippen molar-refractivity contribution in [3.63, 3.8) is 0 Å². The van der Waals surface area contributed by atoms with Crippen LogP contribution in [0.5, 0.6) is 0 Å². The van der Waals surface area contributed by atoms with Gasteiger partial charge in [0.1, 0.15) is 0 Å². The van der Waals surface area contributed by atoms with Crippen LogP contribution in [0.1, 0.15) is 0 Å². The van der Waals surface area contributed by atoms with Crippen LogP contribution in [-0.4, -0.2) is 11.9 Å². The van der Waals surface area contributed by atoms with E-state index < -0.39 is 6.61 Å². The molecule has 5 heavy (non-hydrogen) atoms. The van der Waals surface area contributed by atoms with Crippen LogP contribution in [0.2, 0.25) is 0 Å². The van der Waals surface area contributed by atoms with Crippen LogP contribution in [-0.2, 0) is 4.89 Å². The molecule has 32 valence electrons. The second kappa shape index (κ2) is 2.04. The lowest BCUT2D eigenvalue weighted by Crippen LogP contribution is -1.90. The Morgan fingerprint density at radius 2 is 1.80 bits per heavy atom. The summed E-state index contributed by atoms with van der Waals surface area (Å²) in [6.07, 6.45) is 0. The second-order valence-corrected chi connectivity index (χ2v) is 0.366. The molecule has 0 atom stereocenters. The van der Waals surface area contributed by atoms with Gasteiger partial charge < -0.3 is 0 Å². The number of rotatable bonds is 1. The van der Waals surface area contributed by atoms with Gasteiger partial charge in [0.25, 0.3) is 0 Å². The highest BCUT2D eigenvalue weighted by atomic mass is 19.3. The number of hydrogen-bond acceptors (Lipinski definition) is 2. The molecule has 4 heteroatoms. The molecule has 2 nitrogen and oxygen atoms in total. The van der Waals surface area contributed by atoms with Gasteiger partial charge >= 0.3 is 6.61 Å². The lowest BCUT2D eigenvalue weighted by atomic mass is 11.5. The van der Waals surface area contributed by atoms with E-state index in [-0.39, 0.29) is 0 Å². The summed E-state index contributed by atoms with van der Waals surface area (Å²) < 4.78 is 20.6. The summed E-state index contributed by atoms with van der Waals surface area (Å²) in [5.41, 5.74) is 0. The minimum Gasteiger partial charge on any atom is -0.246 e. The summed E-state index contributed by atoms with van der Waals surface area (Å²) >= 11 is 0. The van der Waals surface area contributed by atoms with Gasteiger partial charge in [0.15, 0.2) is 0 Å². The normalized spacial score (nSPS) is 9.60. The summed E-state index contributed by atoms with van der Waals surface area (Å²) in [5.74, 6) is 0. The average molecular weight is 84.0 g/mol. The van der Waals surface area contributed by atoms with E-state index in [9.17, 15) is 8.78 Å². The van der Waals surface area contributed by atoms with E-state index in [1.807, 2.05) is 0 Å². The van der Waals surface area contributed by atoms with Gasteiger partial charge in [0, 0.05) is 0 Å². The van der Waals surface area contributed by atoms with Gasteiger partial charge in [0.05, 0.1) is 0 Å². The number of alkyl halides is 2. The zero-order valence-electron chi connectivity index (χ0n) is 2.19. The highest BCUT2D eigenvalue weighted by molar-refractivity contribution is 3.87. The Kier molecular flexibility index (Phi) is 1.95. The van der Waals surface area contributed by atoms with Crippen molar-refractivity contribution in [1.29, 1.82) is 0 Å². The van der Waals surface area contributed by atoms with Crippen molar-refractivity contribution in [1.82, 2.24) is 0 Å². The van der Waals surface area contributed by atoms with E-state index in [1.54, 1.807) is 0 Å². The first-order valence-electron chi connectivity index (χ1n) is 0.855. The maximum atomic E-state index is 10.3. The zero-order valence-corrected chi connectivity index (χ0v) is 2.19. The predicted octanol–water partition coefficient (Wildman–Crippen LogP) is 0.699. The van der Waals surface area contributed by atoms with E-state index in [0.717, 1.165) is 0 Å². The van der Waals surface area contributed by atoms with Crippen molar-refractivity contribution < 1.29 is 18.9 Å². The Morgan fingerprint density at radius 3 is 1.80 bits per heavy atom. The van der Waals surface area contributed by atoms with Crippen LogP contribution in [0, 0.1) is 0 Å². The minimum atomic E-state index is -3.06. The van der Waals surface area contributed by atoms with Crippen LogP contribution >= 0.6 is 0 Å². The monoisotopic (exact) mass is 84.0 g/mol. The summed E-state index contributed by atoms with van der Waals surface area (Å²) in [7, 11) is 0. The van der Waals surface area contributed by atoms with Crippen molar-refractivity contribution in [3.8, 4) is 0 Å². The molecular weight excluding hydrogens is 82.0 g/mol. The molecule has 0 aromatic carbocycles. The lowest BCUT2D eigenvalue weighted by molar-refractivity contribution is -0.350. The smallest absolute Gasteiger partial charge is 0.246 e. The van der Waals surface area contributed by atoms with Gasteiger partial charge in [-0.1, -0.05) is 0 Å². The van der Waals surface area contributed by atoms with Crippen molar-refractivity contribution >= 4 is 0 Å². The van der Waals surface area contributed by atoms with Crippen molar-refractivity contribution in [2.45, 2.75) is 6.61 Å². The third-order valence-electron chi connectivity index (χ3n) is 0.0797. The maximum Gasteiger partial charge on any atom is 0.370 e. The first-order chi connectivity index (χ1) is 2.27. The van der Waals surface area contributed by atoms with Gasteiger partial charge in [-0.05, 0) is 0 Å². The summed E-state index contributed by atoms with van der Waals surface area (Å²) in [6.45, 7) is -3.06. The van der Waals surface area contributed by atoms with Crippen molar-refractivity contribution in [2.24, 2.45) is 0 Å². The fourth-order valence-corrected chi connectivity index (χ4v) is 0. The second-order valence-electron chi connectivity index (χ2n) is 0.366.